The summed E-state index contributed by atoms with van der Waals surface area (Å²) < 4.78 is 30.9. The van der Waals surface area contributed by atoms with Gasteiger partial charge in [0.1, 0.15) is 11.5 Å². The van der Waals surface area contributed by atoms with Crippen LogP contribution in [0.15, 0.2) is 109 Å². The quantitative estimate of drug-likeness (QED) is 0.137. The highest BCUT2D eigenvalue weighted by Crippen LogP contribution is 2.61. The second kappa shape index (κ2) is 14.4. The molecule has 2 heterocycles. The number of fused-ring (bicyclic) bond motifs is 8. The topological polar surface area (TPSA) is 53.8 Å². The second-order valence-corrected chi connectivity index (χ2v) is 15.0. The summed E-state index contributed by atoms with van der Waals surface area (Å²) >= 11 is 0. The van der Waals surface area contributed by atoms with Gasteiger partial charge in [0.05, 0.1) is 41.1 Å². The molecule has 1 atom stereocenters. The third-order valence-electron chi connectivity index (χ3n) is 12.6. The Morgan fingerprint density at radius 2 is 1.35 bits per heavy atom. The minimum Gasteiger partial charge on any atom is -0.497 e. The average Bonchev–Trinajstić information content (AvgIpc) is 3.58. The molecule has 0 amide bonds. The smallest absolute Gasteiger partial charge is 0.187 e. The van der Waals surface area contributed by atoms with Gasteiger partial charge in [0.15, 0.2) is 22.8 Å². The third-order valence-corrected chi connectivity index (χ3v) is 12.6. The molecule has 0 radical (unpaired) electrons. The molecule has 1 saturated heterocycles. The molecule has 0 spiro atoms. The van der Waals surface area contributed by atoms with Gasteiger partial charge in [-0.25, -0.2) is 4.85 Å². The van der Waals surface area contributed by atoms with Gasteiger partial charge >= 0.3 is 0 Å². The first kappa shape index (κ1) is 36.4. The van der Waals surface area contributed by atoms with E-state index in [0.717, 1.165) is 89.2 Å². The van der Waals surface area contributed by atoms with Crippen molar-refractivity contribution < 1.29 is 23.7 Å². The zero-order valence-corrected chi connectivity index (χ0v) is 33.1. The largest absolute Gasteiger partial charge is 0.497 e. The molecule has 1 fully saturated rings. The van der Waals surface area contributed by atoms with Crippen LogP contribution in [0.3, 0.4) is 0 Å². The summed E-state index contributed by atoms with van der Waals surface area (Å²) in [6.07, 6.45) is 6.35. The predicted molar refractivity (Wildman–Crippen MR) is 228 cm³/mol. The minimum atomic E-state index is -0.950. The van der Waals surface area contributed by atoms with Crippen molar-refractivity contribution in [2.45, 2.75) is 37.7 Å². The van der Waals surface area contributed by atoms with Gasteiger partial charge in [-0.1, -0.05) is 80.6 Å². The van der Waals surface area contributed by atoms with Crippen LogP contribution in [0.5, 0.6) is 23.0 Å². The first-order chi connectivity index (χ1) is 27.9. The zero-order valence-electron chi connectivity index (χ0n) is 33.1. The highest BCUT2D eigenvalue weighted by Gasteiger charge is 2.47. The number of anilines is 1. The summed E-state index contributed by atoms with van der Waals surface area (Å²) in [4.78, 5) is 5.99. The Labute approximate surface area is 334 Å². The van der Waals surface area contributed by atoms with Crippen LogP contribution in [0.1, 0.15) is 54.5 Å². The molecule has 0 saturated carbocycles. The Balaban J connectivity index is 1.30. The normalized spacial score (nSPS) is 17.6. The van der Waals surface area contributed by atoms with Gasteiger partial charge in [0, 0.05) is 46.3 Å². The van der Waals surface area contributed by atoms with Gasteiger partial charge in [-0.3, -0.25) is 0 Å². The fourth-order valence-corrected chi connectivity index (χ4v) is 9.49. The van der Waals surface area contributed by atoms with Gasteiger partial charge < -0.3 is 28.6 Å². The van der Waals surface area contributed by atoms with Crippen molar-refractivity contribution in [2.75, 3.05) is 52.5 Å². The lowest BCUT2D eigenvalue weighted by atomic mass is 9.70. The Kier molecular flexibility index (Phi) is 9.18. The van der Waals surface area contributed by atoms with Crippen LogP contribution in [-0.2, 0) is 15.8 Å². The molecule has 2 aliphatic heterocycles. The molecule has 7 nitrogen and oxygen atoms in total. The Hall–Kier alpha value is -6.23. The Morgan fingerprint density at radius 1 is 0.719 bits per heavy atom. The van der Waals surface area contributed by atoms with Crippen LogP contribution < -0.4 is 23.8 Å². The van der Waals surface area contributed by atoms with Crippen LogP contribution in [0.4, 0.5) is 11.4 Å². The average molecular weight is 755 g/mol. The van der Waals surface area contributed by atoms with E-state index >= 15 is 0 Å². The highest BCUT2D eigenvalue weighted by atomic mass is 16.5. The molecular weight excluding hydrogens is 709 g/mol. The van der Waals surface area contributed by atoms with E-state index in [-0.39, 0.29) is 5.41 Å². The van der Waals surface area contributed by atoms with Crippen LogP contribution in [0.2, 0.25) is 0 Å². The van der Waals surface area contributed by atoms with Crippen LogP contribution in [-0.4, -0.2) is 47.6 Å². The number of benzene rings is 6. The van der Waals surface area contributed by atoms with E-state index < -0.39 is 5.60 Å². The lowest BCUT2D eigenvalue weighted by Crippen LogP contribution is -2.37. The van der Waals surface area contributed by atoms with Crippen LogP contribution in [0.25, 0.3) is 43.9 Å². The lowest BCUT2D eigenvalue weighted by molar-refractivity contribution is 0.122. The van der Waals surface area contributed by atoms with Crippen molar-refractivity contribution in [1.82, 2.24) is 0 Å². The van der Waals surface area contributed by atoms with E-state index in [2.05, 4.69) is 102 Å². The van der Waals surface area contributed by atoms with Crippen molar-refractivity contribution >= 4 is 28.2 Å². The molecule has 57 heavy (non-hydrogen) atoms. The summed E-state index contributed by atoms with van der Waals surface area (Å²) in [5, 5.41) is 2.02. The monoisotopic (exact) mass is 754 g/mol. The number of hydrogen-bond acceptors (Lipinski definition) is 6. The number of hydrogen-bond donors (Lipinski definition) is 0. The molecule has 0 bridgehead atoms. The molecule has 3 aliphatic rings. The SMILES string of the molecule is [C-]#[N+]c1ccc(-c2ccc3c(c2)C(CC)(CC)c2c4c(c5cc(OC)c(OC)cc5c2-3)OC(c2ccc(OC)cc2)(c2ccc(N3CCOCC3)cc2)C=C4)cc1. The van der Waals surface area contributed by atoms with Gasteiger partial charge in [-0.15, -0.1) is 0 Å². The van der Waals surface area contributed by atoms with Crippen molar-refractivity contribution in [3.63, 3.8) is 0 Å². The molecule has 6 aromatic carbocycles. The number of methoxy groups -OCH3 is 3. The molecule has 0 aromatic heterocycles. The Morgan fingerprint density at radius 3 is 1.96 bits per heavy atom. The second-order valence-electron chi connectivity index (χ2n) is 15.0. The fourth-order valence-electron chi connectivity index (χ4n) is 9.49. The fraction of sp³-hybridized carbons (Fsp3) is 0.260. The van der Waals surface area contributed by atoms with Gasteiger partial charge in [0.2, 0.25) is 0 Å². The van der Waals surface area contributed by atoms with Crippen molar-refractivity contribution in [3.8, 4) is 45.3 Å². The van der Waals surface area contributed by atoms with Crippen molar-refractivity contribution in [2.24, 2.45) is 0 Å². The van der Waals surface area contributed by atoms with Gasteiger partial charge in [-0.2, -0.15) is 0 Å². The van der Waals surface area contributed by atoms with Crippen molar-refractivity contribution in [3.05, 3.63) is 148 Å². The first-order valence-corrected chi connectivity index (χ1v) is 19.8. The maximum atomic E-state index is 7.68. The first-order valence-electron chi connectivity index (χ1n) is 19.8. The van der Waals surface area contributed by atoms with E-state index in [9.17, 15) is 0 Å². The summed E-state index contributed by atoms with van der Waals surface area (Å²) in [5.74, 6) is 2.91. The van der Waals surface area contributed by atoms with Crippen molar-refractivity contribution in [1.29, 1.82) is 0 Å². The summed E-state index contributed by atoms with van der Waals surface area (Å²) in [5.41, 5.74) is 10.9. The van der Waals surface area contributed by atoms with Gasteiger partial charge in [0.25, 0.3) is 0 Å². The van der Waals surface area contributed by atoms with Crippen LogP contribution >= 0.6 is 0 Å². The minimum absolute atomic E-state index is 0.295. The molecule has 1 unspecified atom stereocenters. The van der Waals surface area contributed by atoms with E-state index in [0.29, 0.717) is 17.2 Å². The summed E-state index contributed by atoms with van der Waals surface area (Å²) in [6.45, 7) is 15.2. The zero-order chi connectivity index (χ0) is 39.3. The lowest BCUT2D eigenvalue weighted by Gasteiger charge is -2.39. The molecule has 286 valence electrons. The number of nitrogens with zero attached hydrogens (tertiary/aromatic N) is 2. The van der Waals surface area contributed by atoms with E-state index in [1.54, 1.807) is 21.3 Å². The molecule has 0 N–H and O–H groups in total. The molecule has 7 heteroatoms. The summed E-state index contributed by atoms with van der Waals surface area (Å²) in [7, 11) is 5.07. The highest BCUT2D eigenvalue weighted by molar-refractivity contribution is 6.10. The standard InChI is InChI=1S/C50H46N2O5/c1-7-49(8-2)43-29-33(32-9-16-36(51-3)17-10-32)11-22-39(43)46-41-30-44(54-5)45(55-6)31-42(41)48-40(47(46)49)23-24-50(57-48,35-14-20-38(53-4)21-15-35)34-12-18-37(19-13-34)52-25-27-56-28-26-52/h9-24,29-31H,7-8,25-28H2,1-2,4-6H3. The van der Waals surface area contributed by atoms with Crippen LogP contribution in [0, 0.1) is 6.57 Å². The maximum absolute atomic E-state index is 7.68. The molecule has 6 aromatic rings. The van der Waals surface area contributed by atoms with E-state index in [4.69, 9.17) is 30.3 Å². The number of morpholine rings is 1. The number of ether oxygens (including phenoxy) is 5. The van der Waals surface area contributed by atoms with E-state index in [1.165, 1.54) is 27.9 Å². The molecule has 9 rings (SSSR count). The number of rotatable bonds is 9. The van der Waals surface area contributed by atoms with E-state index in [1.807, 2.05) is 36.4 Å². The molecular formula is C50H46N2O5. The maximum Gasteiger partial charge on any atom is 0.187 e. The third kappa shape index (κ3) is 5.65. The predicted octanol–water partition coefficient (Wildman–Crippen LogP) is 11.4. The Bertz CT molecular complexity index is 2560. The molecule has 1 aliphatic carbocycles. The summed E-state index contributed by atoms with van der Waals surface area (Å²) in [6, 6.07) is 36.0. The van der Waals surface area contributed by atoms with Gasteiger partial charge in [-0.05, 0) is 100 Å².